The lowest BCUT2D eigenvalue weighted by Crippen LogP contribution is -2.33. The molecule has 7 heteroatoms. The highest BCUT2D eigenvalue weighted by molar-refractivity contribution is 6.09. The van der Waals surface area contributed by atoms with Crippen LogP contribution >= 0.6 is 0 Å². The van der Waals surface area contributed by atoms with Gasteiger partial charge in [0.15, 0.2) is 11.4 Å². The van der Waals surface area contributed by atoms with Gasteiger partial charge in [-0.15, -0.1) is 0 Å². The number of carbonyl (C=O) groups excluding carboxylic acids is 3. The van der Waals surface area contributed by atoms with Gasteiger partial charge in [-0.2, -0.15) is 0 Å². The molecule has 0 unspecified atom stereocenters. The molecule has 31 heavy (non-hydrogen) atoms. The summed E-state index contributed by atoms with van der Waals surface area (Å²) < 4.78 is 10.7. The summed E-state index contributed by atoms with van der Waals surface area (Å²) in [4.78, 5) is 46.2. The van der Waals surface area contributed by atoms with Crippen molar-refractivity contribution in [2.75, 3.05) is 0 Å². The van der Waals surface area contributed by atoms with Gasteiger partial charge in [0.1, 0.15) is 6.10 Å². The first-order valence-corrected chi connectivity index (χ1v) is 10.6. The van der Waals surface area contributed by atoms with E-state index < -0.39 is 29.6 Å². The Labute approximate surface area is 183 Å². The van der Waals surface area contributed by atoms with Crippen LogP contribution in [0.5, 0.6) is 0 Å². The zero-order valence-electron chi connectivity index (χ0n) is 18.5. The van der Waals surface area contributed by atoms with E-state index in [1.165, 1.54) is 38.2 Å². The quantitative estimate of drug-likeness (QED) is 0.201. The molecule has 1 aliphatic rings. The van der Waals surface area contributed by atoms with Gasteiger partial charge in [-0.05, 0) is 37.5 Å². The van der Waals surface area contributed by atoms with E-state index in [1.807, 2.05) is 12.2 Å². The Morgan fingerprint density at radius 1 is 1.16 bits per heavy atom. The van der Waals surface area contributed by atoms with E-state index in [-0.39, 0.29) is 24.2 Å². The summed E-state index contributed by atoms with van der Waals surface area (Å²) in [6.07, 6.45) is 15.2. The fraction of sp³-hybridized carbons (Fsp3) is 0.500. The largest absolute Gasteiger partial charge is 0.481 e. The maximum Gasteiger partial charge on any atom is 0.303 e. The Hall–Kier alpha value is -2.96. The molecule has 7 nitrogen and oxygen atoms in total. The maximum atomic E-state index is 12.4. The minimum atomic E-state index is -1.19. The molecule has 0 radical (unpaired) electrons. The second-order valence-electron chi connectivity index (χ2n) is 7.40. The van der Waals surface area contributed by atoms with Crippen molar-refractivity contribution in [1.29, 1.82) is 0 Å². The molecule has 0 aliphatic heterocycles. The van der Waals surface area contributed by atoms with E-state index in [0.717, 1.165) is 25.7 Å². The molecule has 0 amide bonds. The molecule has 2 atom stereocenters. The fourth-order valence-electron chi connectivity index (χ4n) is 3.22. The van der Waals surface area contributed by atoms with Crippen LogP contribution in [0, 0.1) is 0 Å². The van der Waals surface area contributed by atoms with Crippen LogP contribution in [0.4, 0.5) is 0 Å². The smallest absolute Gasteiger partial charge is 0.303 e. The third-order valence-corrected chi connectivity index (χ3v) is 4.66. The summed E-state index contributed by atoms with van der Waals surface area (Å²) in [5.74, 6) is -2.32. The molecule has 0 aromatic heterocycles. The lowest BCUT2D eigenvalue weighted by Gasteiger charge is -2.27. The number of hydrogen-bond donors (Lipinski definition) is 1. The van der Waals surface area contributed by atoms with E-state index >= 15 is 0 Å². The number of carboxylic acids is 1. The van der Waals surface area contributed by atoms with Crippen molar-refractivity contribution >= 4 is 23.7 Å². The van der Waals surface area contributed by atoms with E-state index in [4.69, 9.17) is 14.6 Å². The van der Waals surface area contributed by atoms with E-state index in [1.54, 1.807) is 6.08 Å². The van der Waals surface area contributed by atoms with Gasteiger partial charge in [0.2, 0.25) is 0 Å². The minimum absolute atomic E-state index is 0.108. The van der Waals surface area contributed by atoms with Crippen molar-refractivity contribution in [3.05, 3.63) is 48.1 Å². The van der Waals surface area contributed by atoms with Crippen LogP contribution in [0.1, 0.15) is 65.7 Å². The Balaban J connectivity index is 3.03. The third-order valence-electron chi connectivity index (χ3n) is 4.66. The Kier molecular flexibility index (Phi) is 11.2. The van der Waals surface area contributed by atoms with Crippen LogP contribution in [-0.4, -0.2) is 40.5 Å². The van der Waals surface area contributed by atoms with Crippen LogP contribution in [0.3, 0.4) is 0 Å². The van der Waals surface area contributed by atoms with Gasteiger partial charge in [0.25, 0.3) is 0 Å². The molecule has 0 aromatic rings. The fourth-order valence-corrected chi connectivity index (χ4v) is 3.22. The summed E-state index contributed by atoms with van der Waals surface area (Å²) in [5, 5.41) is 8.85. The summed E-state index contributed by atoms with van der Waals surface area (Å²) in [5.41, 5.74) is -0.899. The first-order chi connectivity index (χ1) is 14.7. The molecule has 1 rings (SSSR count). The Morgan fingerprint density at radius 3 is 2.52 bits per heavy atom. The minimum Gasteiger partial charge on any atom is -0.481 e. The normalized spacial score (nSPS) is 20.6. The van der Waals surface area contributed by atoms with Gasteiger partial charge in [-0.1, -0.05) is 44.1 Å². The van der Waals surface area contributed by atoms with Crippen LogP contribution < -0.4 is 0 Å². The number of unbranched alkanes of at least 4 members (excludes halogenated alkanes) is 3. The number of carbonyl (C=O) groups is 4. The molecule has 0 saturated carbocycles. The van der Waals surface area contributed by atoms with E-state index in [9.17, 15) is 19.2 Å². The van der Waals surface area contributed by atoms with Gasteiger partial charge in [0, 0.05) is 32.3 Å². The molecule has 0 aromatic carbocycles. The molecular formula is C24H32O7. The molecule has 0 saturated heterocycles. The lowest BCUT2D eigenvalue weighted by atomic mass is 9.91. The number of carboxylic acid groups (broad SMARTS) is 1. The van der Waals surface area contributed by atoms with Gasteiger partial charge >= 0.3 is 17.9 Å². The predicted molar refractivity (Wildman–Crippen MR) is 116 cm³/mol. The number of allylic oxidation sites excluding steroid dienone is 4. The highest BCUT2D eigenvalue weighted by Gasteiger charge is 2.41. The zero-order chi connectivity index (χ0) is 23.3. The van der Waals surface area contributed by atoms with E-state index in [2.05, 4.69) is 6.92 Å². The topological polar surface area (TPSA) is 107 Å². The number of rotatable bonds is 13. The maximum absolute atomic E-state index is 12.4. The lowest BCUT2D eigenvalue weighted by molar-refractivity contribution is -0.149. The second kappa shape index (κ2) is 13.4. The van der Waals surface area contributed by atoms with Crippen LogP contribution in [0.25, 0.3) is 0 Å². The SMILES string of the molecule is CCCCC/C=C\C[C@]1(OC(C)=O)C=CC(=O)/C1=C\C=C\[C@@H](CCC(=O)O)OC(C)=O. The molecule has 1 N–H and O–H groups in total. The molecule has 1 aliphatic carbocycles. The monoisotopic (exact) mass is 432 g/mol. The number of aliphatic carboxylic acids is 1. The number of ether oxygens (including phenoxy) is 2. The molecular weight excluding hydrogens is 400 g/mol. The summed E-state index contributed by atoms with van der Waals surface area (Å²) in [7, 11) is 0. The molecule has 0 fully saturated rings. The summed E-state index contributed by atoms with van der Waals surface area (Å²) in [6.45, 7) is 4.66. The van der Waals surface area contributed by atoms with Gasteiger partial charge in [-0.25, -0.2) is 0 Å². The third kappa shape index (κ3) is 9.59. The average Bonchev–Trinajstić information content (AvgIpc) is 2.97. The first-order valence-electron chi connectivity index (χ1n) is 10.6. The van der Waals surface area contributed by atoms with Crippen LogP contribution in [0.15, 0.2) is 48.1 Å². The average molecular weight is 433 g/mol. The van der Waals surface area contributed by atoms with Crippen molar-refractivity contribution in [2.45, 2.75) is 77.4 Å². The number of esters is 2. The van der Waals surface area contributed by atoms with Gasteiger partial charge in [-0.3, -0.25) is 19.2 Å². The first kappa shape index (κ1) is 26.1. The van der Waals surface area contributed by atoms with Crippen LogP contribution in [0.2, 0.25) is 0 Å². The zero-order valence-corrected chi connectivity index (χ0v) is 18.5. The highest BCUT2D eigenvalue weighted by Crippen LogP contribution is 2.34. The molecule has 0 bridgehead atoms. The summed E-state index contributed by atoms with van der Waals surface area (Å²) in [6, 6.07) is 0. The van der Waals surface area contributed by atoms with Gasteiger partial charge < -0.3 is 14.6 Å². The second-order valence-corrected chi connectivity index (χ2v) is 7.40. The molecule has 0 spiro atoms. The Morgan fingerprint density at radius 2 is 1.90 bits per heavy atom. The summed E-state index contributed by atoms with van der Waals surface area (Å²) >= 11 is 0. The number of ketones is 1. The van der Waals surface area contributed by atoms with Crippen molar-refractivity contribution in [2.24, 2.45) is 0 Å². The molecule has 170 valence electrons. The van der Waals surface area contributed by atoms with Crippen molar-refractivity contribution in [3.8, 4) is 0 Å². The standard InChI is InChI=1S/C24H32O7/c1-4-5-6-7-8-9-16-24(31-19(3)26)17-15-22(27)21(24)12-10-11-20(30-18(2)25)13-14-23(28)29/h8-12,15,17,20H,4-7,13-14,16H2,1-3H3,(H,28,29)/b9-8-,11-10+,21-12+/t20-,24-/m0/s1. The highest BCUT2D eigenvalue weighted by atomic mass is 16.6. The van der Waals surface area contributed by atoms with Crippen LogP contribution in [-0.2, 0) is 28.7 Å². The van der Waals surface area contributed by atoms with Crippen molar-refractivity contribution in [1.82, 2.24) is 0 Å². The molecule has 0 heterocycles. The van der Waals surface area contributed by atoms with Crippen molar-refractivity contribution in [3.63, 3.8) is 0 Å². The predicted octanol–water partition coefficient (Wildman–Crippen LogP) is 4.23. The van der Waals surface area contributed by atoms with Gasteiger partial charge in [0.05, 0.1) is 0 Å². The van der Waals surface area contributed by atoms with Crippen molar-refractivity contribution < 1.29 is 33.8 Å². The number of hydrogen-bond acceptors (Lipinski definition) is 6. The Bertz CT molecular complexity index is 773. The van der Waals surface area contributed by atoms with E-state index in [0.29, 0.717) is 6.42 Å².